The number of aliphatic imine (C=N–C) groups is 1. The molecule has 130 valence electrons. The van der Waals surface area contributed by atoms with Crippen LogP contribution in [-0.4, -0.2) is 32.3 Å². The Kier molecular flexibility index (Phi) is 8.51. The van der Waals surface area contributed by atoms with Crippen LogP contribution in [0.4, 0.5) is 0 Å². The van der Waals surface area contributed by atoms with E-state index in [1.54, 1.807) is 7.11 Å². The van der Waals surface area contributed by atoms with E-state index in [9.17, 15) is 0 Å². The molecule has 0 saturated heterocycles. The molecule has 2 unspecified atom stereocenters. The number of rotatable bonds is 7. The number of guanidine groups is 1. The largest absolute Gasteiger partial charge is 0.493 e. The second-order valence-electron chi connectivity index (χ2n) is 5.58. The van der Waals surface area contributed by atoms with Gasteiger partial charge in [-0.25, -0.2) is 4.99 Å². The van der Waals surface area contributed by atoms with E-state index in [0.717, 1.165) is 35.5 Å². The van der Waals surface area contributed by atoms with Gasteiger partial charge >= 0.3 is 0 Å². The van der Waals surface area contributed by atoms with Gasteiger partial charge in [0.25, 0.3) is 0 Å². The van der Waals surface area contributed by atoms with Gasteiger partial charge in [-0.15, -0.1) is 24.0 Å². The van der Waals surface area contributed by atoms with Crippen molar-refractivity contribution >= 4 is 29.9 Å². The second kappa shape index (κ2) is 9.85. The highest BCUT2D eigenvalue weighted by molar-refractivity contribution is 14.0. The Hall–Kier alpha value is -1.18. The van der Waals surface area contributed by atoms with E-state index in [1.165, 1.54) is 6.42 Å². The van der Waals surface area contributed by atoms with Gasteiger partial charge in [-0.05, 0) is 43.9 Å². The van der Waals surface area contributed by atoms with Crippen molar-refractivity contribution in [2.45, 2.75) is 39.8 Å². The first-order chi connectivity index (χ1) is 10.7. The Morgan fingerprint density at radius 2 is 2.04 bits per heavy atom. The monoisotopic (exact) mass is 433 g/mol. The number of hydrogen-bond acceptors (Lipinski definition) is 3. The molecule has 1 fully saturated rings. The predicted octanol–water partition coefficient (Wildman–Crippen LogP) is 3.18. The van der Waals surface area contributed by atoms with Crippen LogP contribution in [0.2, 0.25) is 0 Å². The summed E-state index contributed by atoms with van der Waals surface area (Å²) in [6.07, 6.45) is 1.22. The van der Waals surface area contributed by atoms with Gasteiger partial charge < -0.3 is 20.1 Å². The van der Waals surface area contributed by atoms with Crippen LogP contribution in [0, 0.1) is 5.92 Å². The average molecular weight is 433 g/mol. The highest BCUT2D eigenvalue weighted by atomic mass is 127. The van der Waals surface area contributed by atoms with Gasteiger partial charge in [-0.2, -0.15) is 0 Å². The molecule has 1 aliphatic rings. The number of benzene rings is 1. The van der Waals surface area contributed by atoms with E-state index in [0.29, 0.717) is 19.2 Å². The van der Waals surface area contributed by atoms with Gasteiger partial charge in [0.2, 0.25) is 0 Å². The number of nitrogens with one attached hydrogen (secondary N) is 2. The van der Waals surface area contributed by atoms with Crippen LogP contribution in [-0.2, 0) is 6.54 Å². The number of halogens is 1. The van der Waals surface area contributed by atoms with Gasteiger partial charge in [0, 0.05) is 12.6 Å². The third-order valence-corrected chi connectivity index (χ3v) is 3.72. The van der Waals surface area contributed by atoms with Crippen LogP contribution in [0.3, 0.4) is 0 Å². The summed E-state index contributed by atoms with van der Waals surface area (Å²) in [6.45, 7) is 8.39. The van der Waals surface area contributed by atoms with Crippen LogP contribution in [0.5, 0.6) is 11.5 Å². The molecule has 0 aliphatic heterocycles. The summed E-state index contributed by atoms with van der Waals surface area (Å²) in [5, 5.41) is 6.74. The first-order valence-corrected chi connectivity index (χ1v) is 8.02. The maximum atomic E-state index is 5.53. The maximum Gasteiger partial charge on any atom is 0.191 e. The number of nitrogens with zero attached hydrogens (tertiary/aromatic N) is 1. The SMILES string of the molecule is CCNC(=NCc1ccc(OCC)c(OC)c1)NC1CC1C.I. The van der Waals surface area contributed by atoms with Crippen molar-refractivity contribution in [2.24, 2.45) is 10.9 Å². The van der Waals surface area contributed by atoms with E-state index < -0.39 is 0 Å². The van der Waals surface area contributed by atoms with Crippen LogP contribution in [0.25, 0.3) is 0 Å². The lowest BCUT2D eigenvalue weighted by atomic mass is 10.2. The molecule has 0 aromatic heterocycles. The molecule has 2 N–H and O–H groups in total. The molecule has 0 heterocycles. The molecule has 1 saturated carbocycles. The third-order valence-electron chi connectivity index (χ3n) is 3.72. The highest BCUT2D eigenvalue weighted by Gasteiger charge is 2.33. The number of ether oxygens (including phenoxy) is 2. The van der Waals surface area contributed by atoms with Crippen molar-refractivity contribution in [3.63, 3.8) is 0 Å². The molecule has 5 nitrogen and oxygen atoms in total. The van der Waals surface area contributed by atoms with Crippen molar-refractivity contribution in [1.82, 2.24) is 10.6 Å². The van der Waals surface area contributed by atoms with E-state index in [4.69, 9.17) is 9.47 Å². The van der Waals surface area contributed by atoms with Gasteiger partial charge in [-0.1, -0.05) is 13.0 Å². The summed E-state index contributed by atoms with van der Waals surface area (Å²) in [5.74, 6) is 3.15. The highest BCUT2D eigenvalue weighted by Crippen LogP contribution is 2.29. The minimum absolute atomic E-state index is 0. The quantitative estimate of drug-likeness (QED) is 0.394. The van der Waals surface area contributed by atoms with E-state index >= 15 is 0 Å². The Labute approximate surface area is 156 Å². The third kappa shape index (κ3) is 6.08. The fraction of sp³-hybridized carbons (Fsp3) is 0.588. The Morgan fingerprint density at radius 1 is 1.30 bits per heavy atom. The van der Waals surface area contributed by atoms with Crippen LogP contribution in [0.15, 0.2) is 23.2 Å². The van der Waals surface area contributed by atoms with Crippen molar-refractivity contribution in [1.29, 1.82) is 0 Å². The molecule has 23 heavy (non-hydrogen) atoms. The zero-order valence-electron chi connectivity index (χ0n) is 14.4. The van der Waals surface area contributed by atoms with Crippen molar-refractivity contribution in [3.05, 3.63) is 23.8 Å². The molecule has 1 aromatic carbocycles. The second-order valence-corrected chi connectivity index (χ2v) is 5.58. The molecule has 1 aromatic rings. The van der Waals surface area contributed by atoms with Crippen LogP contribution in [0.1, 0.15) is 32.8 Å². The minimum atomic E-state index is 0. The van der Waals surface area contributed by atoms with Crippen molar-refractivity contribution in [2.75, 3.05) is 20.3 Å². The lowest BCUT2D eigenvalue weighted by molar-refractivity contribution is 0.310. The summed E-state index contributed by atoms with van der Waals surface area (Å²) in [7, 11) is 1.66. The molecule has 0 spiro atoms. The molecular weight excluding hydrogens is 405 g/mol. The Bertz CT molecular complexity index is 523. The normalized spacial score (nSPS) is 19.6. The minimum Gasteiger partial charge on any atom is -0.493 e. The van der Waals surface area contributed by atoms with Gasteiger partial charge in [0.1, 0.15) is 0 Å². The molecule has 0 radical (unpaired) electrons. The average Bonchev–Trinajstić information content (AvgIpc) is 3.21. The first kappa shape index (κ1) is 19.9. The lowest BCUT2D eigenvalue weighted by Gasteiger charge is -2.12. The standard InChI is InChI=1S/C17H27N3O2.HI/c1-5-18-17(20-14-9-12(14)3)19-11-13-7-8-15(22-6-2)16(10-13)21-4;/h7-8,10,12,14H,5-6,9,11H2,1-4H3,(H2,18,19,20);1H. The summed E-state index contributed by atoms with van der Waals surface area (Å²) in [5.41, 5.74) is 1.10. The zero-order valence-corrected chi connectivity index (χ0v) is 16.7. The summed E-state index contributed by atoms with van der Waals surface area (Å²) in [4.78, 5) is 4.65. The molecule has 0 amide bonds. The fourth-order valence-electron chi connectivity index (χ4n) is 2.27. The smallest absolute Gasteiger partial charge is 0.191 e. The van der Waals surface area contributed by atoms with Crippen LogP contribution >= 0.6 is 24.0 Å². The lowest BCUT2D eigenvalue weighted by Crippen LogP contribution is -2.39. The number of hydrogen-bond donors (Lipinski definition) is 2. The molecule has 1 aliphatic carbocycles. The number of methoxy groups -OCH3 is 1. The molecule has 2 rings (SSSR count). The van der Waals surface area contributed by atoms with E-state index in [2.05, 4.69) is 29.5 Å². The Balaban J connectivity index is 0.00000264. The molecule has 2 atom stereocenters. The van der Waals surface area contributed by atoms with Gasteiger partial charge in [0.05, 0.1) is 20.3 Å². The summed E-state index contributed by atoms with van der Waals surface area (Å²) >= 11 is 0. The van der Waals surface area contributed by atoms with E-state index in [-0.39, 0.29) is 24.0 Å². The molecule has 6 heteroatoms. The zero-order chi connectivity index (χ0) is 15.9. The summed E-state index contributed by atoms with van der Waals surface area (Å²) < 4.78 is 10.9. The Morgan fingerprint density at radius 3 is 2.61 bits per heavy atom. The maximum absolute atomic E-state index is 5.53. The first-order valence-electron chi connectivity index (χ1n) is 8.02. The van der Waals surface area contributed by atoms with Gasteiger partial charge in [-0.3, -0.25) is 0 Å². The van der Waals surface area contributed by atoms with Crippen molar-refractivity contribution in [3.8, 4) is 11.5 Å². The van der Waals surface area contributed by atoms with Crippen LogP contribution < -0.4 is 20.1 Å². The van der Waals surface area contributed by atoms with Gasteiger partial charge in [0.15, 0.2) is 17.5 Å². The van der Waals surface area contributed by atoms with Crippen molar-refractivity contribution < 1.29 is 9.47 Å². The predicted molar refractivity (Wildman–Crippen MR) is 105 cm³/mol. The summed E-state index contributed by atoms with van der Waals surface area (Å²) in [6, 6.07) is 6.52. The molecule has 0 bridgehead atoms. The fourth-order valence-corrected chi connectivity index (χ4v) is 2.27. The molecular formula is C17H28IN3O2. The topological polar surface area (TPSA) is 54.9 Å². The van der Waals surface area contributed by atoms with E-state index in [1.807, 2.05) is 25.1 Å².